The number of aromatic nitrogens is 3. The maximum absolute atomic E-state index is 5.25. The standard InChI is InChI=1S/C14H19N3O/c1-4-11-9-14(18-3)8-6-12(11)5-7-13-10-17(2)16-15-13/h6,8-10H,4-5,7H2,1-3H3. The van der Waals surface area contributed by atoms with Crippen molar-refractivity contribution < 1.29 is 4.74 Å². The van der Waals surface area contributed by atoms with E-state index in [0.717, 1.165) is 30.7 Å². The minimum Gasteiger partial charge on any atom is -0.497 e. The largest absolute Gasteiger partial charge is 0.497 e. The lowest BCUT2D eigenvalue weighted by atomic mass is 10.00. The number of rotatable bonds is 5. The summed E-state index contributed by atoms with van der Waals surface area (Å²) in [5.41, 5.74) is 3.75. The summed E-state index contributed by atoms with van der Waals surface area (Å²) in [4.78, 5) is 0. The molecule has 0 amide bonds. The van der Waals surface area contributed by atoms with Gasteiger partial charge in [-0.3, -0.25) is 4.68 Å². The molecule has 0 bridgehead atoms. The molecule has 0 saturated heterocycles. The van der Waals surface area contributed by atoms with Gasteiger partial charge in [-0.25, -0.2) is 0 Å². The van der Waals surface area contributed by atoms with Crippen LogP contribution in [0.4, 0.5) is 0 Å². The van der Waals surface area contributed by atoms with Crippen LogP contribution < -0.4 is 4.74 Å². The Morgan fingerprint density at radius 2 is 2.06 bits per heavy atom. The minimum atomic E-state index is 0.924. The molecule has 0 aliphatic rings. The Kier molecular flexibility index (Phi) is 3.97. The van der Waals surface area contributed by atoms with Crippen LogP contribution in [0.3, 0.4) is 0 Å². The minimum absolute atomic E-state index is 0.924. The van der Waals surface area contributed by atoms with E-state index < -0.39 is 0 Å². The third kappa shape index (κ3) is 2.88. The lowest BCUT2D eigenvalue weighted by Gasteiger charge is -2.09. The van der Waals surface area contributed by atoms with Gasteiger partial charge in [-0.15, -0.1) is 5.10 Å². The van der Waals surface area contributed by atoms with Crippen molar-refractivity contribution >= 4 is 0 Å². The summed E-state index contributed by atoms with van der Waals surface area (Å²) >= 11 is 0. The van der Waals surface area contributed by atoms with Gasteiger partial charge in [-0.1, -0.05) is 18.2 Å². The molecule has 0 aliphatic heterocycles. The zero-order valence-electron chi connectivity index (χ0n) is 11.2. The van der Waals surface area contributed by atoms with Gasteiger partial charge >= 0.3 is 0 Å². The van der Waals surface area contributed by atoms with Gasteiger partial charge in [0, 0.05) is 13.2 Å². The maximum Gasteiger partial charge on any atom is 0.119 e. The van der Waals surface area contributed by atoms with Crippen molar-refractivity contribution in [2.24, 2.45) is 7.05 Å². The third-order valence-corrected chi connectivity index (χ3v) is 3.09. The summed E-state index contributed by atoms with van der Waals surface area (Å²) < 4.78 is 6.99. The Labute approximate surface area is 108 Å². The fourth-order valence-electron chi connectivity index (χ4n) is 2.07. The summed E-state index contributed by atoms with van der Waals surface area (Å²) in [5.74, 6) is 0.926. The normalized spacial score (nSPS) is 10.6. The van der Waals surface area contributed by atoms with Crippen molar-refractivity contribution in [3.05, 3.63) is 41.2 Å². The third-order valence-electron chi connectivity index (χ3n) is 3.09. The van der Waals surface area contributed by atoms with E-state index in [0.29, 0.717) is 0 Å². The predicted molar refractivity (Wildman–Crippen MR) is 70.8 cm³/mol. The molecule has 0 saturated carbocycles. The van der Waals surface area contributed by atoms with E-state index in [2.05, 4.69) is 29.4 Å². The van der Waals surface area contributed by atoms with Crippen molar-refractivity contribution in [2.45, 2.75) is 26.2 Å². The highest BCUT2D eigenvalue weighted by Crippen LogP contribution is 2.19. The number of ether oxygens (including phenoxy) is 1. The molecule has 4 nitrogen and oxygen atoms in total. The van der Waals surface area contributed by atoms with Crippen LogP contribution in [0.25, 0.3) is 0 Å². The number of benzene rings is 1. The number of nitrogens with zero attached hydrogens (tertiary/aromatic N) is 3. The van der Waals surface area contributed by atoms with E-state index >= 15 is 0 Å². The molecule has 0 atom stereocenters. The van der Waals surface area contributed by atoms with Gasteiger partial charge in [0.1, 0.15) is 5.75 Å². The molecule has 4 heteroatoms. The van der Waals surface area contributed by atoms with Gasteiger partial charge in [-0.2, -0.15) is 0 Å². The Morgan fingerprint density at radius 1 is 1.22 bits per heavy atom. The zero-order valence-corrected chi connectivity index (χ0v) is 11.2. The molecule has 0 radical (unpaired) electrons. The average molecular weight is 245 g/mol. The summed E-state index contributed by atoms with van der Waals surface area (Å²) in [6.45, 7) is 2.17. The number of hydrogen-bond acceptors (Lipinski definition) is 3. The van der Waals surface area contributed by atoms with Gasteiger partial charge in [0.15, 0.2) is 0 Å². The van der Waals surface area contributed by atoms with E-state index in [4.69, 9.17) is 4.74 Å². The summed E-state index contributed by atoms with van der Waals surface area (Å²) in [5, 5.41) is 8.05. The average Bonchev–Trinajstić information content (AvgIpc) is 2.82. The molecule has 0 unspecified atom stereocenters. The highest BCUT2D eigenvalue weighted by molar-refractivity contribution is 5.36. The number of hydrogen-bond donors (Lipinski definition) is 0. The van der Waals surface area contributed by atoms with Crippen LogP contribution in [0.1, 0.15) is 23.7 Å². The van der Waals surface area contributed by atoms with Gasteiger partial charge in [0.25, 0.3) is 0 Å². The van der Waals surface area contributed by atoms with Gasteiger partial charge in [-0.05, 0) is 42.5 Å². The zero-order chi connectivity index (χ0) is 13.0. The maximum atomic E-state index is 5.25. The van der Waals surface area contributed by atoms with E-state index in [1.807, 2.05) is 19.3 Å². The topological polar surface area (TPSA) is 39.9 Å². The second-order valence-corrected chi connectivity index (χ2v) is 4.37. The molecular weight excluding hydrogens is 226 g/mol. The van der Waals surface area contributed by atoms with Crippen LogP contribution in [0.15, 0.2) is 24.4 Å². The fraction of sp³-hybridized carbons (Fsp3) is 0.429. The van der Waals surface area contributed by atoms with Crippen molar-refractivity contribution in [1.82, 2.24) is 15.0 Å². The van der Waals surface area contributed by atoms with Crippen LogP contribution in [-0.4, -0.2) is 22.1 Å². The summed E-state index contributed by atoms with van der Waals surface area (Å²) in [6.07, 6.45) is 4.90. The molecule has 0 fully saturated rings. The first-order chi connectivity index (χ1) is 8.72. The molecule has 2 rings (SSSR count). The van der Waals surface area contributed by atoms with Crippen LogP contribution in [0.5, 0.6) is 5.75 Å². The Hall–Kier alpha value is -1.84. The number of methoxy groups -OCH3 is 1. The van der Waals surface area contributed by atoms with Crippen molar-refractivity contribution in [3.63, 3.8) is 0 Å². The van der Waals surface area contributed by atoms with E-state index in [1.165, 1.54) is 11.1 Å². The molecule has 0 N–H and O–H groups in total. The van der Waals surface area contributed by atoms with Gasteiger partial charge in [0.2, 0.25) is 0 Å². The van der Waals surface area contributed by atoms with Crippen LogP contribution >= 0.6 is 0 Å². The highest BCUT2D eigenvalue weighted by Gasteiger charge is 2.05. The molecule has 1 heterocycles. The monoisotopic (exact) mass is 245 g/mol. The second-order valence-electron chi connectivity index (χ2n) is 4.37. The first-order valence-corrected chi connectivity index (χ1v) is 6.24. The summed E-state index contributed by atoms with van der Waals surface area (Å²) in [7, 11) is 3.59. The van der Waals surface area contributed by atoms with Crippen LogP contribution in [-0.2, 0) is 26.3 Å². The van der Waals surface area contributed by atoms with Crippen molar-refractivity contribution in [2.75, 3.05) is 7.11 Å². The Balaban J connectivity index is 2.08. The first-order valence-electron chi connectivity index (χ1n) is 6.24. The molecule has 18 heavy (non-hydrogen) atoms. The van der Waals surface area contributed by atoms with Crippen LogP contribution in [0, 0.1) is 0 Å². The Morgan fingerprint density at radius 3 is 2.67 bits per heavy atom. The van der Waals surface area contributed by atoms with Gasteiger partial charge in [0.05, 0.1) is 12.8 Å². The summed E-state index contributed by atoms with van der Waals surface area (Å²) in [6, 6.07) is 6.28. The van der Waals surface area contributed by atoms with Crippen molar-refractivity contribution in [1.29, 1.82) is 0 Å². The second kappa shape index (κ2) is 5.67. The Bertz CT molecular complexity index is 520. The SMILES string of the molecule is CCc1cc(OC)ccc1CCc1cn(C)nn1. The molecule has 0 aliphatic carbocycles. The lowest BCUT2D eigenvalue weighted by Crippen LogP contribution is -1.97. The molecule has 1 aromatic heterocycles. The molecular formula is C14H19N3O. The van der Waals surface area contributed by atoms with Gasteiger partial charge < -0.3 is 4.74 Å². The number of aryl methyl sites for hydroxylation is 4. The molecule has 1 aromatic carbocycles. The molecule has 2 aromatic rings. The lowest BCUT2D eigenvalue weighted by molar-refractivity contribution is 0.414. The fourth-order valence-corrected chi connectivity index (χ4v) is 2.07. The molecule has 0 spiro atoms. The highest BCUT2D eigenvalue weighted by atomic mass is 16.5. The first kappa shape index (κ1) is 12.6. The van der Waals surface area contributed by atoms with Crippen molar-refractivity contribution in [3.8, 4) is 5.75 Å². The quantitative estimate of drug-likeness (QED) is 0.810. The molecule has 96 valence electrons. The van der Waals surface area contributed by atoms with E-state index in [9.17, 15) is 0 Å². The van der Waals surface area contributed by atoms with E-state index in [-0.39, 0.29) is 0 Å². The van der Waals surface area contributed by atoms with Crippen LogP contribution in [0.2, 0.25) is 0 Å². The smallest absolute Gasteiger partial charge is 0.119 e. The van der Waals surface area contributed by atoms with E-state index in [1.54, 1.807) is 11.8 Å². The predicted octanol–water partition coefficient (Wildman–Crippen LogP) is 2.17.